The number of carbonyl (C=O) groups is 1. The summed E-state index contributed by atoms with van der Waals surface area (Å²) in [6, 6.07) is 24.7. The normalized spacial score (nSPS) is 10.6. The van der Waals surface area contributed by atoms with Crippen LogP contribution in [0.3, 0.4) is 0 Å². The average Bonchev–Trinajstić information content (AvgIpc) is 3.23. The van der Waals surface area contributed by atoms with Gasteiger partial charge in [-0.3, -0.25) is 4.79 Å². The summed E-state index contributed by atoms with van der Waals surface area (Å²) in [7, 11) is 0. The summed E-state index contributed by atoms with van der Waals surface area (Å²) >= 11 is 4.60. The van der Waals surface area contributed by atoms with Gasteiger partial charge in [0.1, 0.15) is 11.5 Å². The number of anilines is 1. The van der Waals surface area contributed by atoms with Crippen molar-refractivity contribution in [1.82, 2.24) is 10.2 Å². The first kappa shape index (κ1) is 21.1. The predicted octanol–water partition coefficient (Wildman–Crippen LogP) is 5.95. The largest absolute Gasteiger partial charge is 0.457 e. The van der Waals surface area contributed by atoms with Crippen LogP contribution in [0.1, 0.15) is 11.5 Å². The lowest BCUT2D eigenvalue weighted by molar-refractivity contribution is -0.113. The molecule has 0 atom stereocenters. The van der Waals surface area contributed by atoms with E-state index in [1.165, 1.54) is 11.8 Å². The molecule has 156 valence electrons. The molecule has 0 spiro atoms. The molecule has 31 heavy (non-hydrogen) atoms. The SMILES string of the molecule is O=C(CSc1nnc(Cc2ccccc2)o1)Nc1ccc(Oc2ccc(Br)cc2)cc1. The molecule has 4 aromatic rings. The Kier molecular flexibility index (Phi) is 7.01. The Morgan fingerprint density at radius 2 is 1.61 bits per heavy atom. The van der Waals surface area contributed by atoms with Crippen molar-refractivity contribution in [3.8, 4) is 11.5 Å². The number of rotatable bonds is 8. The molecule has 0 bridgehead atoms. The highest BCUT2D eigenvalue weighted by molar-refractivity contribution is 9.10. The van der Waals surface area contributed by atoms with Crippen molar-refractivity contribution in [3.05, 3.63) is 94.8 Å². The number of carbonyl (C=O) groups excluding carboxylic acids is 1. The lowest BCUT2D eigenvalue weighted by atomic mass is 10.2. The molecule has 1 amide bonds. The third-order valence-corrected chi connectivity index (χ3v) is 5.51. The summed E-state index contributed by atoms with van der Waals surface area (Å²) in [6.07, 6.45) is 0.565. The molecule has 0 unspecified atom stereocenters. The molecule has 0 radical (unpaired) electrons. The number of nitrogens with zero attached hydrogens (tertiary/aromatic N) is 2. The highest BCUT2D eigenvalue weighted by atomic mass is 79.9. The van der Waals surface area contributed by atoms with Crippen LogP contribution in [-0.2, 0) is 11.2 Å². The van der Waals surface area contributed by atoms with Gasteiger partial charge in [-0.15, -0.1) is 10.2 Å². The molecule has 1 aromatic heterocycles. The van der Waals surface area contributed by atoms with Gasteiger partial charge in [0.2, 0.25) is 11.8 Å². The second-order valence-electron chi connectivity index (χ2n) is 6.54. The first-order chi connectivity index (χ1) is 15.1. The van der Waals surface area contributed by atoms with Gasteiger partial charge in [0.15, 0.2) is 0 Å². The van der Waals surface area contributed by atoms with Gasteiger partial charge in [-0.05, 0) is 54.1 Å². The van der Waals surface area contributed by atoms with E-state index in [1.807, 2.05) is 54.6 Å². The minimum absolute atomic E-state index is 0.158. The van der Waals surface area contributed by atoms with Crippen LogP contribution >= 0.6 is 27.7 Å². The molecule has 4 rings (SSSR count). The molecule has 0 saturated carbocycles. The zero-order valence-electron chi connectivity index (χ0n) is 16.3. The molecule has 0 aliphatic carbocycles. The number of hydrogen-bond acceptors (Lipinski definition) is 6. The van der Waals surface area contributed by atoms with Crippen molar-refractivity contribution in [3.63, 3.8) is 0 Å². The van der Waals surface area contributed by atoms with Crippen molar-refractivity contribution >= 4 is 39.3 Å². The van der Waals surface area contributed by atoms with Crippen LogP contribution in [0.4, 0.5) is 5.69 Å². The average molecular weight is 496 g/mol. The maximum absolute atomic E-state index is 12.2. The number of thioether (sulfide) groups is 1. The predicted molar refractivity (Wildman–Crippen MR) is 124 cm³/mol. The lowest BCUT2D eigenvalue weighted by Gasteiger charge is -2.08. The zero-order chi connectivity index (χ0) is 21.5. The van der Waals surface area contributed by atoms with E-state index in [1.54, 1.807) is 24.3 Å². The van der Waals surface area contributed by atoms with Gasteiger partial charge in [-0.1, -0.05) is 58.0 Å². The van der Waals surface area contributed by atoms with E-state index in [2.05, 4.69) is 31.4 Å². The fourth-order valence-electron chi connectivity index (χ4n) is 2.71. The third-order valence-electron chi connectivity index (χ3n) is 4.16. The van der Waals surface area contributed by atoms with E-state index in [0.29, 0.717) is 29.0 Å². The molecule has 1 N–H and O–H groups in total. The fourth-order valence-corrected chi connectivity index (χ4v) is 3.55. The van der Waals surface area contributed by atoms with Crippen molar-refractivity contribution in [1.29, 1.82) is 0 Å². The third kappa shape index (κ3) is 6.44. The number of nitrogens with one attached hydrogen (secondary N) is 1. The van der Waals surface area contributed by atoms with Crippen LogP contribution in [0, 0.1) is 0 Å². The van der Waals surface area contributed by atoms with Gasteiger partial charge in [-0.25, -0.2) is 0 Å². The lowest BCUT2D eigenvalue weighted by Crippen LogP contribution is -2.13. The van der Waals surface area contributed by atoms with Crippen molar-refractivity contribution < 1.29 is 13.9 Å². The summed E-state index contributed by atoms with van der Waals surface area (Å²) in [5.74, 6) is 1.96. The monoisotopic (exact) mass is 495 g/mol. The number of ether oxygens (including phenoxy) is 1. The van der Waals surface area contributed by atoms with Gasteiger partial charge in [0.25, 0.3) is 5.22 Å². The minimum Gasteiger partial charge on any atom is -0.457 e. The minimum atomic E-state index is -0.158. The van der Waals surface area contributed by atoms with E-state index in [4.69, 9.17) is 9.15 Å². The quantitative estimate of drug-likeness (QED) is 0.304. The van der Waals surface area contributed by atoms with Crippen LogP contribution in [0.25, 0.3) is 0 Å². The Morgan fingerprint density at radius 3 is 2.32 bits per heavy atom. The highest BCUT2D eigenvalue weighted by Gasteiger charge is 2.11. The first-order valence-corrected chi connectivity index (χ1v) is 11.2. The van der Waals surface area contributed by atoms with Crippen LogP contribution in [0.15, 0.2) is 93.0 Å². The van der Waals surface area contributed by atoms with Crippen LogP contribution in [-0.4, -0.2) is 21.9 Å². The summed E-state index contributed by atoms with van der Waals surface area (Å²) in [5, 5.41) is 11.3. The second kappa shape index (κ2) is 10.3. The maximum atomic E-state index is 12.2. The number of halogens is 1. The molecule has 0 fully saturated rings. The number of hydrogen-bond donors (Lipinski definition) is 1. The number of aromatic nitrogens is 2. The highest BCUT2D eigenvalue weighted by Crippen LogP contribution is 2.25. The Morgan fingerprint density at radius 1 is 0.935 bits per heavy atom. The summed E-state index contributed by atoms with van der Waals surface area (Å²) in [6.45, 7) is 0. The second-order valence-corrected chi connectivity index (χ2v) is 8.38. The van der Waals surface area contributed by atoms with Gasteiger partial charge in [0.05, 0.1) is 12.2 Å². The Labute approximate surface area is 192 Å². The molecule has 0 aliphatic heterocycles. The molecular formula is C23H18BrN3O3S. The maximum Gasteiger partial charge on any atom is 0.277 e. The van der Waals surface area contributed by atoms with Crippen LogP contribution in [0.2, 0.25) is 0 Å². The van der Waals surface area contributed by atoms with Crippen molar-refractivity contribution in [2.45, 2.75) is 11.6 Å². The van der Waals surface area contributed by atoms with E-state index in [-0.39, 0.29) is 11.7 Å². The van der Waals surface area contributed by atoms with E-state index >= 15 is 0 Å². The molecular weight excluding hydrogens is 478 g/mol. The summed E-state index contributed by atoms with van der Waals surface area (Å²) in [4.78, 5) is 12.2. The van der Waals surface area contributed by atoms with E-state index < -0.39 is 0 Å². The molecule has 1 heterocycles. The molecule has 0 aliphatic rings. The molecule has 6 nitrogen and oxygen atoms in total. The van der Waals surface area contributed by atoms with Gasteiger partial charge in [0, 0.05) is 10.2 Å². The Balaban J connectivity index is 1.25. The molecule has 3 aromatic carbocycles. The molecule has 0 saturated heterocycles. The van der Waals surface area contributed by atoms with Crippen molar-refractivity contribution in [2.75, 3.05) is 11.1 Å². The topological polar surface area (TPSA) is 77.2 Å². The standard InChI is InChI=1S/C23H18BrN3O3S/c24-17-6-10-19(11-7-17)29-20-12-8-18(9-13-20)25-21(28)15-31-23-27-26-22(30-23)14-16-4-2-1-3-5-16/h1-13H,14-15H2,(H,25,28). The molecule has 8 heteroatoms. The fraction of sp³-hybridized carbons (Fsp3) is 0.0870. The van der Waals surface area contributed by atoms with Gasteiger partial charge < -0.3 is 14.5 Å². The summed E-state index contributed by atoms with van der Waals surface area (Å²) in [5.41, 5.74) is 1.78. The number of benzene rings is 3. The Hall–Kier alpha value is -3.10. The van der Waals surface area contributed by atoms with Gasteiger partial charge >= 0.3 is 0 Å². The van der Waals surface area contributed by atoms with Crippen molar-refractivity contribution in [2.24, 2.45) is 0 Å². The van der Waals surface area contributed by atoms with Gasteiger partial charge in [-0.2, -0.15) is 0 Å². The Bertz CT molecular complexity index is 1130. The van der Waals surface area contributed by atoms with E-state index in [0.717, 1.165) is 15.8 Å². The summed E-state index contributed by atoms with van der Waals surface area (Å²) < 4.78 is 12.4. The zero-order valence-corrected chi connectivity index (χ0v) is 18.7. The number of amides is 1. The smallest absolute Gasteiger partial charge is 0.277 e. The van der Waals surface area contributed by atoms with E-state index in [9.17, 15) is 4.79 Å². The van der Waals surface area contributed by atoms with Crippen LogP contribution in [0.5, 0.6) is 11.5 Å². The first-order valence-electron chi connectivity index (χ1n) is 9.46. The van der Waals surface area contributed by atoms with Crippen LogP contribution < -0.4 is 10.1 Å².